The molecule has 1 aromatic rings. The molecule has 20 heavy (non-hydrogen) atoms. The Kier molecular flexibility index (Phi) is 7.23. The Balaban J connectivity index is 0.000000956. The number of hydrogen-bond acceptors (Lipinski definition) is 3. The lowest BCUT2D eigenvalue weighted by atomic mass is 10.2. The molecule has 0 radical (unpaired) electrons. The minimum absolute atomic E-state index is 0.0232. The smallest absolute Gasteiger partial charge is 0.236 e. The number of allylic oxidation sites excluding steroid dienone is 1. The fourth-order valence-electron chi connectivity index (χ4n) is 1.74. The molecular weight excluding hydrogens is 270 g/mol. The van der Waals surface area contributed by atoms with Crippen LogP contribution >= 0.6 is 12.2 Å². The lowest BCUT2D eigenvalue weighted by Crippen LogP contribution is -2.19. The molecule has 0 bridgehead atoms. The summed E-state index contributed by atoms with van der Waals surface area (Å²) in [4.78, 5) is 11.6. The summed E-state index contributed by atoms with van der Waals surface area (Å²) in [6.45, 7) is 9.79. The second kappa shape index (κ2) is 8.69. The molecule has 2 rings (SSSR count). The summed E-state index contributed by atoms with van der Waals surface area (Å²) < 4.78 is 8.08. The first kappa shape index (κ1) is 16.6. The quantitative estimate of drug-likeness (QED) is 0.486. The minimum Gasteiger partial charge on any atom is -0.405 e. The molecule has 0 heterocycles. The van der Waals surface area contributed by atoms with Gasteiger partial charge in [-0.2, -0.15) is 0 Å². The van der Waals surface area contributed by atoms with E-state index in [1.54, 1.807) is 0 Å². The Morgan fingerprint density at radius 2 is 2.10 bits per heavy atom. The monoisotopic (exact) mass is 293 g/mol. The van der Waals surface area contributed by atoms with Gasteiger partial charge in [0.25, 0.3) is 0 Å². The van der Waals surface area contributed by atoms with Crippen molar-refractivity contribution >= 4 is 18.1 Å². The molecular formula is C16H23NO2S. The van der Waals surface area contributed by atoms with E-state index in [9.17, 15) is 4.79 Å². The summed E-state index contributed by atoms with van der Waals surface area (Å²) in [7, 11) is 0. The van der Waals surface area contributed by atoms with Crippen molar-refractivity contribution in [3.8, 4) is 5.75 Å². The molecule has 1 amide bonds. The molecule has 1 aliphatic carbocycles. The van der Waals surface area contributed by atoms with Crippen LogP contribution in [0.2, 0.25) is 0 Å². The van der Waals surface area contributed by atoms with Gasteiger partial charge >= 0.3 is 0 Å². The number of benzene rings is 1. The summed E-state index contributed by atoms with van der Waals surface area (Å²) in [5, 5.41) is 0. The molecule has 1 N–H and O–H groups in total. The SMILES string of the molecule is C=C[C@@H]1C[C@@H]1C(=O)NSOc1ccc(CC)cc1.CC. The van der Waals surface area contributed by atoms with Gasteiger partial charge < -0.3 is 4.18 Å². The average Bonchev–Trinajstić information content (AvgIpc) is 3.29. The summed E-state index contributed by atoms with van der Waals surface area (Å²) >= 11 is 0.975. The molecule has 0 saturated heterocycles. The largest absolute Gasteiger partial charge is 0.405 e. The zero-order valence-corrected chi connectivity index (χ0v) is 13.2. The highest BCUT2D eigenvalue weighted by atomic mass is 32.2. The Hall–Kier alpha value is -1.42. The number of carbonyl (C=O) groups excluding carboxylic acids is 1. The Morgan fingerprint density at radius 1 is 1.45 bits per heavy atom. The molecule has 0 spiro atoms. The summed E-state index contributed by atoms with van der Waals surface area (Å²) in [6.07, 6.45) is 3.75. The Morgan fingerprint density at radius 3 is 2.60 bits per heavy atom. The molecule has 1 aromatic carbocycles. The van der Waals surface area contributed by atoms with Crippen molar-refractivity contribution in [3.63, 3.8) is 0 Å². The highest BCUT2D eigenvalue weighted by Gasteiger charge is 2.40. The second-order valence-electron chi connectivity index (χ2n) is 4.37. The standard InChI is InChI=1S/C14H17NO2S.C2H6/c1-3-10-5-7-12(8-6-10)17-18-15-14(16)13-9-11(13)4-2;1-2/h4-8,11,13H,2-3,9H2,1H3,(H,15,16);1-2H3/t11-,13+;/m1./s1. The molecule has 0 unspecified atom stereocenters. The van der Waals surface area contributed by atoms with Gasteiger partial charge in [0.2, 0.25) is 5.91 Å². The number of aryl methyl sites for hydroxylation is 1. The third-order valence-electron chi connectivity index (χ3n) is 3.09. The molecule has 2 atom stereocenters. The molecule has 1 fully saturated rings. The fourth-order valence-corrected chi connectivity index (χ4v) is 2.23. The zero-order chi connectivity index (χ0) is 15.0. The van der Waals surface area contributed by atoms with Crippen molar-refractivity contribution in [2.75, 3.05) is 0 Å². The van der Waals surface area contributed by atoms with E-state index in [0.717, 1.165) is 30.8 Å². The summed E-state index contributed by atoms with van der Waals surface area (Å²) in [6, 6.07) is 7.85. The van der Waals surface area contributed by atoms with Crippen molar-refractivity contribution in [1.29, 1.82) is 0 Å². The number of hydrogen-bond donors (Lipinski definition) is 1. The third-order valence-corrected chi connectivity index (χ3v) is 3.65. The van der Waals surface area contributed by atoms with Crippen LogP contribution in [0.3, 0.4) is 0 Å². The van der Waals surface area contributed by atoms with Crippen molar-refractivity contribution < 1.29 is 8.98 Å². The molecule has 0 aromatic heterocycles. The van der Waals surface area contributed by atoms with Gasteiger partial charge in [-0.25, -0.2) is 0 Å². The maximum absolute atomic E-state index is 11.6. The number of rotatable bonds is 6. The van der Waals surface area contributed by atoms with Gasteiger partial charge in [0.1, 0.15) is 5.75 Å². The number of carbonyl (C=O) groups is 1. The van der Waals surface area contributed by atoms with E-state index >= 15 is 0 Å². The predicted octanol–water partition coefficient (Wildman–Crippen LogP) is 4.16. The van der Waals surface area contributed by atoms with E-state index in [-0.39, 0.29) is 11.8 Å². The molecule has 4 heteroatoms. The lowest BCUT2D eigenvalue weighted by Gasteiger charge is -2.05. The molecule has 1 saturated carbocycles. The van der Waals surface area contributed by atoms with Crippen molar-refractivity contribution in [2.45, 2.75) is 33.6 Å². The summed E-state index contributed by atoms with van der Waals surface area (Å²) in [5.41, 5.74) is 1.27. The van der Waals surface area contributed by atoms with Gasteiger partial charge in [-0.05, 0) is 36.5 Å². The maximum Gasteiger partial charge on any atom is 0.236 e. The van der Waals surface area contributed by atoms with Gasteiger partial charge in [0, 0.05) is 5.92 Å². The van der Waals surface area contributed by atoms with Crippen LogP contribution in [0.25, 0.3) is 0 Å². The normalized spacial score (nSPS) is 19.4. The molecule has 3 nitrogen and oxygen atoms in total. The highest BCUT2D eigenvalue weighted by molar-refractivity contribution is 7.93. The number of amides is 1. The summed E-state index contributed by atoms with van der Waals surface area (Å²) in [5.74, 6) is 1.19. The van der Waals surface area contributed by atoms with Crippen LogP contribution in [0.15, 0.2) is 36.9 Å². The van der Waals surface area contributed by atoms with Crippen LogP contribution in [0, 0.1) is 11.8 Å². The van der Waals surface area contributed by atoms with Crippen LogP contribution in [-0.2, 0) is 11.2 Å². The first-order valence-corrected chi connectivity index (χ1v) is 7.83. The first-order chi connectivity index (χ1) is 9.74. The predicted molar refractivity (Wildman–Crippen MR) is 85.3 cm³/mol. The van der Waals surface area contributed by atoms with Gasteiger partial charge in [-0.15, -0.1) is 6.58 Å². The van der Waals surface area contributed by atoms with Crippen LogP contribution in [0.1, 0.15) is 32.8 Å². The van der Waals surface area contributed by atoms with E-state index in [1.807, 2.05) is 44.2 Å². The van der Waals surface area contributed by atoms with Gasteiger partial charge in [0.15, 0.2) is 12.2 Å². The average molecular weight is 293 g/mol. The minimum atomic E-state index is 0.0232. The Labute approximate surface area is 126 Å². The highest BCUT2D eigenvalue weighted by Crippen LogP contribution is 2.39. The molecule has 110 valence electrons. The number of nitrogens with one attached hydrogen (secondary N) is 1. The van der Waals surface area contributed by atoms with Crippen LogP contribution < -0.4 is 8.91 Å². The van der Waals surface area contributed by atoms with Gasteiger partial charge in [-0.1, -0.05) is 39.0 Å². The van der Waals surface area contributed by atoms with Crippen molar-refractivity contribution in [2.24, 2.45) is 11.8 Å². The Bertz CT molecular complexity index is 431. The van der Waals surface area contributed by atoms with Gasteiger partial charge in [-0.3, -0.25) is 9.52 Å². The zero-order valence-electron chi connectivity index (χ0n) is 12.4. The van der Waals surface area contributed by atoms with E-state index in [0.29, 0.717) is 5.92 Å². The van der Waals surface area contributed by atoms with Crippen molar-refractivity contribution in [1.82, 2.24) is 4.72 Å². The topological polar surface area (TPSA) is 38.3 Å². The molecule has 0 aliphatic heterocycles. The third kappa shape index (κ3) is 4.93. The van der Waals surface area contributed by atoms with E-state index in [1.165, 1.54) is 5.56 Å². The van der Waals surface area contributed by atoms with E-state index in [4.69, 9.17) is 4.18 Å². The van der Waals surface area contributed by atoms with Gasteiger partial charge in [0.05, 0.1) is 0 Å². The first-order valence-electron chi connectivity index (χ1n) is 7.09. The lowest BCUT2D eigenvalue weighted by molar-refractivity contribution is -0.120. The molecule has 1 aliphatic rings. The van der Waals surface area contributed by atoms with Crippen LogP contribution in [0.5, 0.6) is 5.75 Å². The van der Waals surface area contributed by atoms with Crippen molar-refractivity contribution in [3.05, 3.63) is 42.5 Å². The van der Waals surface area contributed by atoms with Crippen LogP contribution in [-0.4, -0.2) is 5.91 Å². The maximum atomic E-state index is 11.6. The van der Waals surface area contributed by atoms with E-state index < -0.39 is 0 Å². The fraction of sp³-hybridized carbons (Fsp3) is 0.438. The second-order valence-corrected chi connectivity index (χ2v) is 4.91. The van der Waals surface area contributed by atoms with Crippen LogP contribution in [0.4, 0.5) is 0 Å². The van der Waals surface area contributed by atoms with E-state index in [2.05, 4.69) is 18.2 Å².